The van der Waals surface area contributed by atoms with Gasteiger partial charge in [-0.25, -0.2) is 0 Å². The third-order valence-electron chi connectivity index (χ3n) is 2.97. The third kappa shape index (κ3) is 2.45. The fourth-order valence-corrected chi connectivity index (χ4v) is 2.19. The molecule has 0 bridgehead atoms. The lowest BCUT2D eigenvalue weighted by Gasteiger charge is -2.22. The standard InChI is InChI=1S/C17H21N/c1-12-11-13(2)16(17(3,4)5)18-15(12)14-9-7-6-8-10-14/h6-11H,1-5H3/i1D3. The van der Waals surface area contributed by atoms with Crippen LogP contribution in [0.25, 0.3) is 11.3 Å². The van der Waals surface area contributed by atoms with Crippen LogP contribution in [0.15, 0.2) is 36.4 Å². The molecule has 0 spiro atoms. The Labute approximate surface area is 114 Å². The van der Waals surface area contributed by atoms with Gasteiger partial charge in [-0.1, -0.05) is 57.2 Å². The van der Waals surface area contributed by atoms with Gasteiger partial charge in [0.1, 0.15) is 0 Å². The smallest absolute Gasteiger partial charge is 0.0734 e. The molecule has 2 rings (SSSR count). The SMILES string of the molecule is [2H]C([2H])([2H])c1cc(C)c(C(C)(C)C)nc1-c1ccccc1. The van der Waals surface area contributed by atoms with Crippen LogP contribution in [0.5, 0.6) is 0 Å². The van der Waals surface area contributed by atoms with Crippen molar-refractivity contribution in [2.75, 3.05) is 0 Å². The van der Waals surface area contributed by atoms with Gasteiger partial charge in [-0.05, 0) is 24.9 Å². The van der Waals surface area contributed by atoms with E-state index in [-0.39, 0.29) is 5.41 Å². The van der Waals surface area contributed by atoms with E-state index in [1.807, 2.05) is 37.3 Å². The molecule has 1 aromatic carbocycles. The van der Waals surface area contributed by atoms with Gasteiger partial charge in [-0.2, -0.15) is 0 Å². The summed E-state index contributed by atoms with van der Waals surface area (Å²) in [5.41, 5.74) is 3.46. The van der Waals surface area contributed by atoms with Crippen LogP contribution in [0.4, 0.5) is 0 Å². The van der Waals surface area contributed by atoms with E-state index in [0.717, 1.165) is 16.8 Å². The zero-order valence-corrected chi connectivity index (χ0v) is 11.4. The van der Waals surface area contributed by atoms with E-state index in [4.69, 9.17) is 9.10 Å². The van der Waals surface area contributed by atoms with Gasteiger partial charge in [-0.3, -0.25) is 4.98 Å². The number of aryl methyl sites for hydroxylation is 2. The summed E-state index contributed by atoms with van der Waals surface area (Å²) in [6, 6.07) is 11.3. The van der Waals surface area contributed by atoms with Crippen LogP contribution in [-0.2, 0) is 5.41 Å². The van der Waals surface area contributed by atoms with Crippen LogP contribution >= 0.6 is 0 Å². The molecular weight excluding hydrogens is 218 g/mol. The summed E-state index contributed by atoms with van der Waals surface area (Å²) in [5.74, 6) is 0. The Morgan fingerprint density at radius 3 is 2.28 bits per heavy atom. The molecule has 1 heterocycles. The van der Waals surface area contributed by atoms with Crippen molar-refractivity contribution in [2.24, 2.45) is 0 Å². The quantitative estimate of drug-likeness (QED) is 0.708. The maximum Gasteiger partial charge on any atom is 0.0734 e. The number of benzene rings is 1. The molecule has 0 atom stereocenters. The zero-order chi connectivity index (χ0) is 15.8. The van der Waals surface area contributed by atoms with E-state index >= 15 is 0 Å². The molecule has 0 aliphatic carbocycles. The molecule has 1 heteroatoms. The Bertz CT molecular complexity index is 638. The van der Waals surface area contributed by atoms with E-state index in [0.29, 0.717) is 11.3 Å². The predicted molar refractivity (Wildman–Crippen MR) is 77.8 cm³/mol. The van der Waals surface area contributed by atoms with Crippen molar-refractivity contribution >= 4 is 0 Å². The van der Waals surface area contributed by atoms with E-state index in [9.17, 15) is 0 Å². The van der Waals surface area contributed by atoms with Crippen LogP contribution in [0.3, 0.4) is 0 Å². The molecule has 1 nitrogen and oxygen atoms in total. The van der Waals surface area contributed by atoms with Crippen LogP contribution < -0.4 is 0 Å². The lowest BCUT2D eigenvalue weighted by Crippen LogP contribution is -2.16. The maximum absolute atomic E-state index is 7.78. The molecule has 0 saturated carbocycles. The molecule has 0 saturated heterocycles. The lowest BCUT2D eigenvalue weighted by atomic mass is 9.87. The number of pyridine rings is 1. The second-order valence-corrected chi connectivity index (χ2v) is 5.67. The molecular formula is C17H21N. The zero-order valence-electron chi connectivity index (χ0n) is 14.4. The van der Waals surface area contributed by atoms with Crippen molar-refractivity contribution in [1.82, 2.24) is 4.98 Å². The second kappa shape index (κ2) is 4.56. The first-order chi connectivity index (χ1) is 9.60. The van der Waals surface area contributed by atoms with Gasteiger partial charge < -0.3 is 0 Å². The molecule has 2 aromatic rings. The van der Waals surface area contributed by atoms with Crippen LogP contribution in [-0.4, -0.2) is 4.98 Å². The first kappa shape index (κ1) is 9.32. The summed E-state index contributed by atoms with van der Waals surface area (Å²) in [6.45, 7) is 6.03. The summed E-state index contributed by atoms with van der Waals surface area (Å²) >= 11 is 0. The minimum Gasteiger partial charge on any atom is -0.252 e. The van der Waals surface area contributed by atoms with Gasteiger partial charge in [0.15, 0.2) is 0 Å². The van der Waals surface area contributed by atoms with Crippen LogP contribution in [0, 0.1) is 13.8 Å². The monoisotopic (exact) mass is 242 g/mol. The molecule has 1 aromatic heterocycles. The van der Waals surface area contributed by atoms with Crippen LogP contribution in [0.2, 0.25) is 0 Å². The summed E-state index contributed by atoms with van der Waals surface area (Å²) in [6.07, 6.45) is 0. The van der Waals surface area contributed by atoms with E-state index < -0.39 is 6.85 Å². The van der Waals surface area contributed by atoms with Crippen molar-refractivity contribution in [3.05, 3.63) is 53.2 Å². The Morgan fingerprint density at radius 1 is 1.06 bits per heavy atom. The number of rotatable bonds is 1. The molecule has 0 amide bonds. The lowest BCUT2D eigenvalue weighted by molar-refractivity contribution is 0.565. The fourth-order valence-electron chi connectivity index (χ4n) is 2.19. The van der Waals surface area contributed by atoms with Gasteiger partial charge in [0.2, 0.25) is 0 Å². The molecule has 0 fully saturated rings. The molecule has 0 N–H and O–H groups in total. The average molecular weight is 242 g/mol. The minimum absolute atomic E-state index is 0.124. The molecule has 0 unspecified atom stereocenters. The maximum atomic E-state index is 7.78. The number of hydrogen-bond acceptors (Lipinski definition) is 1. The Hall–Kier alpha value is -1.63. The first-order valence-electron chi connectivity index (χ1n) is 7.69. The van der Waals surface area contributed by atoms with Gasteiger partial charge in [0.05, 0.1) is 5.69 Å². The first-order valence-corrected chi connectivity index (χ1v) is 6.19. The molecule has 0 aliphatic rings. The Kier molecular flexibility index (Phi) is 2.36. The topological polar surface area (TPSA) is 12.9 Å². The highest BCUT2D eigenvalue weighted by atomic mass is 14.7. The van der Waals surface area contributed by atoms with E-state index in [1.165, 1.54) is 0 Å². The molecule has 0 aliphatic heterocycles. The Balaban J connectivity index is 2.76. The van der Waals surface area contributed by atoms with Gasteiger partial charge in [0.25, 0.3) is 0 Å². The van der Waals surface area contributed by atoms with Crippen molar-refractivity contribution in [2.45, 2.75) is 40.0 Å². The van der Waals surface area contributed by atoms with Gasteiger partial charge in [-0.15, -0.1) is 0 Å². The Morgan fingerprint density at radius 2 is 1.72 bits per heavy atom. The average Bonchev–Trinajstić information content (AvgIpc) is 2.37. The van der Waals surface area contributed by atoms with Gasteiger partial charge >= 0.3 is 0 Å². The van der Waals surface area contributed by atoms with Crippen molar-refractivity contribution in [3.8, 4) is 11.3 Å². The second-order valence-electron chi connectivity index (χ2n) is 5.67. The van der Waals surface area contributed by atoms with Gasteiger partial charge in [0, 0.05) is 20.8 Å². The third-order valence-corrected chi connectivity index (χ3v) is 2.97. The summed E-state index contributed by atoms with van der Waals surface area (Å²) in [4.78, 5) is 4.72. The molecule has 94 valence electrons. The van der Waals surface area contributed by atoms with E-state index in [2.05, 4.69) is 20.8 Å². The summed E-state index contributed by atoms with van der Waals surface area (Å²) in [5, 5.41) is 0. The van der Waals surface area contributed by atoms with Crippen molar-refractivity contribution in [3.63, 3.8) is 0 Å². The highest BCUT2D eigenvalue weighted by molar-refractivity contribution is 5.63. The number of aromatic nitrogens is 1. The number of nitrogens with zero attached hydrogens (tertiary/aromatic N) is 1. The fraction of sp³-hybridized carbons (Fsp3) is 0.353. The van der Waals surface area contributed by atoms with Crippen LogP contribution in [0.1, 0.15) is 41.7 Å². The molecule has 18 heavy (non-hydrogen) atoms. The summed E-state index contributed by atoms with van der Waals surface area (Å²) < 4.78 is 23.3. The largest absolute Gasteiger partial charge is 0.252 e. The van der Waals surface area contributed by atoms with E-state index in [1.54, 1.807) is 6.07 Å². The highest BCUT2D eigenvalue weighted by Crippen LogP contribution is 2.29. The predicted octanol–water partition coefficient (Wildman–Crippen LogP) is 4.66. The minimum atomic E-state index is -2.17. The molecule has 0 radical (unpaired) electrons. The highest BCUT2D eigenvalue weighted by Gasteiger charge is 2.19. The normalized spacial score (nSPS) is 14.8. The summed E-state index contributed by atoms with van der Waals surface area (Å²) in [7, 11) is 0. The van der Waals surface area contributed by atoms with Crippen molar-refractivity contribution < 1.29 is 4.11 Å². The number of hydrogen-bond donors (Lipinski definition) is 0. The van der Waals surface area contributed by atoms with Crippen molar-refractivity contribution in [1.29, 1.82) is 0 Å².